The third-order valence-electron chi connectivity index (χ3n) is 4.28. The molecule has 2 unspecified atom stereocenters. The Hall–Kier alpha value is -2.98. The molecule has 2 amide bonds. The second-order valence-electron chi connectivity index (χ2n) is 6.37. The molecule has 1 aromatic heterocycles. The predicted octanol–water partition coefficient (Wildman–Crippen LogP) is -1.80. The third kappa shape index (κ3) is 4.70. The predicted molar refractivity (Wildman–Crippen MR) is 105 cm³/mol. The summed E-state index contributed by atoms with van der Waals surface area (Å²) >= 11 is 1.09. The number of aliphatic imine (C=N–C) groups is 1. The highest BCUT2D eigenvalue weighted by atomic mass is 32.2. The number of rotatable bonds is 7. The highest BCUT2D eigenvalue weighted by Gasteiger charge is 2.51. The highest BCUT2D eigenvalue weighted by molar-refractivity contribution is 7.84. The van der Waals surface area contributed by atoms with Crippen LogP contribution < -0.4 is 5.32 Å². The molecule has 31 heavy (non-hydrogen) atoms. The molecule has 0 radical (unpaired) electrons. The van der Waals surface area contributed by atoms with Crippen molar-refractivity contribution >= 4 is 51.2 Å². The van der Waals surface area contributed by atoms with Crippen molar-refractivity contribution in [1.82, 2.24) is 9.62 Å². The third-order valence-corrected chi connectivity index (χ3v) is 6.17. The van der Waals surface area contributed by atoms with E-state index in [0.29, 0.717) is 4.88 Å². The molecule has 2 aliphatic rings. The maximum Gasteiger partial charge on any atom is 0.362 e. The number of thiophene rings is 1. The summed E-state index contributed by atoms with van der Waals surface area (Å²) in [5, 5.41) is 26.8. The molecule has 0 bridgehead atoms. The van der Waals surface area contributed by atoms with Gasteiger partial charge < -0.3 is 20.4 Å². The first kappa shape index (κ1) is 22.7. The number of carbonyl (C=O) groups is 3. The molecule has 3 rings (SSSR count). The molecule has 13 nitrogen and oxygen atoms in total. The number of oxime groups is 1. The van der Waals surface area contributed by atoms with E-state index in [9.17, 15) is 33.0 Å². The summed E-state index contributed by atoms with van der Waals surface area (Å²) in [5.74, 6) is -2.68. The Kier molecular flexibility index (Phi) is 6.33. The molecule has 1 aromatic rings. The van der Waals surface area contributed by atoms with Crippen LogP contribution in [0, 0.1) is 0 Å². The minimum Gasteiger partial charge on any atom is -0.379 e. The number of aliphatic hydroxyl groups is 2. The molecule has 4 atom stereocenters. The highest BCUT2D eigenvalue weighted by Crippen LogP contribution is 2.23. The second kappa shape index (κ2) is 8.64. The van der Waals surface area contributed by atoms with Gasteiger partial charge in [-0.3, -0.25) is 23.9 Å². The molecule has 15 heteroatoms. The van der Waals surface area contributed by atoms with Gasteiger partial charge >= 0.3 is 10.3 Å². The molecular formula is C16H16N4O9S2. The zero-order chi connectivity index (χ0) is 22.9. The summed E-state index contributed by atoms with van der Waals surface area (Å²) in [4.78, 5) is 45.0. The number of amides is 2. The summed E-state index contributed by atoms with van der Waals surface area (Å²) in [6.07, 6.45) is -1.52. The Bertz CT molecular complexity index is 1090. The lowest BCUT2D eigenvalue weighted by Crippen LogP contribution is -2.71. The molecule has 1 fully saturated rings. The maximum atomic E-state index is 12.7. The van der Waals surface area contributed by atoms with Crippen molar-refractivity contribution in [2.75, 3.05) is 0 Å². The molecule has 0 spiro atoms. The molecule has 0 aromatic carbocycles. The van der Waals surface area contributed by atoms with Crippen LogP contribution in [0.25, 0.3) is 0 Å². The molecule has 1 saturated heterocycles. The zero-order valence-electron chi connectivity index (χ0n) is 15.6. The van der Waals surface area contributed by atoms with Crippen molar-refractivity contribution in [3.05, 3.63) is 34.2 Å². The first-order chi connectivity index (χ1) is 14.5. The second-order valence-corrected chi connectivity index (χ2v) is 8.61. The average Bonchev–Trinajstić information content (AvgIpc) is 3.21. The van der Waals surface area contributed by atoms with Crippen molar-refractivity contribution in [2.45, 2.75) is 31.4 Å². The summed E-state index contributed by atoms with van der Waals surface area (Å²) in [5.41, 5.74) is -0.595. The first-order valence-corrected chi connectivity index (χ1v) is 10.8. The molecule has 166 valence electrons. The number of ketones is 1. The lowest BCUT2D eigenvalue weighted by Gasteiger charge is -2.42. The van der Waals surface area contributed by atoms with Crippen LogP contribution in [-0.4, -0.2) is 81.5 Å². The fourth-order valence-corrected chi connectivity index (χ4v) is 4.30. The monoisotopic (exact) mass is 472 g/mol. The van der Waals surface area contributed by atoms with Crippen LogP contribution >= 0.6 is 11.3 Å². The van der Waals surface area contributed by atoms with Gasteiger partial charge in [0.1, 0.15) is 11.7 Å². The number of aliphatic hydroxyl groups excluding tert-OH is 2. The van der Waals surface area contributed by atoms with E-state index in [4.69, 9.17) is 9.39 Å². The number of nitrogens with zero attached hydrogens (tertiary/aromatic N) is 3. The number of nitrogens with one attached hydrogen (secondary N) is 1. The number of hydrogen-bond donors (Lipinski definition) is 4. The lowest BCUT2D eigenvalue weighted by molar-refractivity contribution is -0.144. The minimum atomic E-state index is -4.76. The maximum absolute atomic E-state index is 12.7. The van der Waals surface area contributed by atoms with Crippen LogP contribution in [0.5, 0.6) is 0 Å². The van der Waals surface area contributed by atoms with E-state index in [1.165, 1.54) is 13.0 Å². The Morgan fingerprint density at radius 3 is 2.68 bits per heavy atom. The number of carbonyl (C=O) groups excluding carboxylic acids is 3. The molecule has 3 heterocycles. The van der Waals surface area contributed by atoms with Gasteiger partial charge in [0.25, 0.3) is 18.1 Å². The largest absolute Gasteiger partial charge is 0.379 e. The standard InChI is InChI=1S/C16H16N4O9S2/c1-7-12(15(24)20(7)31(26,27)28)18-14(23)13(11-3-2-4-30-11)19-29-16(25)8-5-9(21)10(22)6-17-8/h2-7,10,12,16,22,25H,1H3,(H,18,23)(H,26,27,28)/b19-13-/t7-,10?,12-,16?/m0/s1. The Morgan fingerprint density at radius 1 is 1.42 bits per heavy atom. The van der Waals surface area contributed by atoms with Gasteiger partial charge in [0, 0.05) is 12.3 Å². The lowest BCUT2D eigenvalue weighted by atomic mass is 10.0. The van der Waals surface area contributed by atoms with Crippen LogP contribution in [0.4, 0.5) is 0 Å². The summed E-state index contributed by atoms with van der Waals surface area (Å²) in [6, 6.07) is 0.827. The van der Waals surface area contributed by atoms with Crippen molar-refractivity contribution in [1.29, 1.82) is 0 Å². The van der Waals surface area contributed by atoms with Crippen molar-refractivity contribution in [3.8, 4) is 0 Å². The van der Waals surface area contributed by atoms with Gasteiger partial charge in [-0.15, -0.1) is 11.3 Å². The van der Waals surface area contributed by atoms with Gasteiger partial charge in [-0.2, -0.15) is 8.42 Å². The van der Waals surface area contributed by atoms with Crippen LogP contribution in [0.15, 0.2) is 39.4 Å². The molecule has 0 aliphatic carbocycles. The van der Waals surface area contributed by atoms with Gasteiger partial charge in [-0.25, -0.2) is 4.31 Å². The zero-order valence-corrected chi connectivity index (χ0v) is 17.3. The van der Waals surface area contributed by atoms with Crippen molar-refractivity contribution < 1.29 is 42.4 Å². The van der Waals surface area contributed by atoms with Crippen LogP contribution in [-0.2, 0) is 29.5 Å². The van der Waals surface area contributed by atoms with Gasteiger partial charge in [0.15, 0.2) is 17.6 Å². The summed E-state index contributed by atoms with van der Waals surface area (Å²) in [6.45, 7) is 1.31. The quantitative estimate of drug-likeness (QED) is 0.116. The van der Waals surface area contributed by atoms with E-state index >= 15 is 0 Å². The smallest absolute Gasteiger partial charge is 0.362 e. The van der Waals surface area contributed by atoms with E-state index in [2.05, 4.69) is 15.5 Å². The minimum absolute atomic E-state index is 0.221. The van der Waals surface area contributed by atoms with Gasteiger partial charge in [-0.05, 0) is 18.4 Å². The van der Waals surface area contributed by atoms with Crippen LogP contribution in [0.1, 0.15) is 11.8 Å². The van der Waals surface area contributed by atoms with Gasteiger partial charge in [-0.1, -0.05) is 11.2 Å². The van der Waals surface area contributed by atoms with E-state index in [1.807, 2.05) is 0 Å². The Labute approximate surface area is 179 Å². The first-order valence-electron chi connectivity index (χ1n) is 8.55. The molecule has 2 aliphatic heterocycles. The number of β-lactam (4-membered cyclic amide) rings is 1. The Morgan fingerprint density at radius 2 is 2.13 bits per heavy atom. The summed E-state index contributed by atoms with van der Waals surface area (Å²) < 4.78 is 31.6. The Balaban J connectivity index is 1.75. The van der Waals surface area contributed by atoms with Crippen LogP contribution in [0.2, 0.25) is 0 Å². The molecule has 0 saturated carbocycles. The van der Waals surface area contributed by atoms with Gasteiger partial charge in [0.2, 0.25) is 0 Å². The van der Waals surface area contributed by atoms with E-state index < -0.39 is 52.4 Å². The molecular weight excluding hydrogens is 456 g/mol. The SMILES string of the molecule is C[C@H]1[C@H](NC(=O)/C(=N\OC(O)C2=CC(=O)C(O)C=N2)c2cccs2)C(=O)N1S(=O)(=O)O. The topological polar surface area (TPSA) is 195 Å². The van der Waals surface area contributed by atoms with E-state index in [-0.39, 0.29) is 15.7 Å². The normalized spacial score (nSPS) is 25.0. The van der Waals surface area contributed by atoms with Crippen molar-refractivity contribution in [3.63, 3.8) is 0 Å². The van der Waals surface area contributed by atoms with Crippen LogP contribution in [0.3, 0.4) is 0 Å². The fourth-order valence-electron chi connectivity index (χ4n) is 2.71. The van der Waals surface area contributed by atoms with E-state index in [0.717, 1.165) is 23.6 Å². The average molecular weight is 472 g/mol. The summed E-state index contributed by atoms with van der Waals surface area (Å²) in [7, 11) is -4.76. The van der Waals surface area contributed by atoms with Crippen molar-refractivity contribution in [2.24, 2.45) is 10.1 Å². The fraction of sp³-hybridized carbons (Fsp3) is 0.312. The van der Waals surface area contributed by atoms with Gasteiger partial charge in [0.05, 0.1) is 10.9 Å². The van der Waals surface area contributed by atoms with E-state index in [1.54, 1.807) is 11.4 Å². The number of hydrogen-bond acceptors (Lipinski definition) is 11. The molecule has 4 N–H and O–H groups in total.